The second-order valence-corrected chi connectivity index (χ2v) is 5.49. The highest BCUT2D eigenvalue weighted by Gasteiger charge is 2.20. The zero-order valence-electron chi connectivity index (χ0n) is 11.8. The van der Waals surface area contributed by atoms with Gasteiger partial charge in [0.25, 0.3) is 5.91 Å². The van der Waals surface area contributed by atoms with Gasteiger partial charge in [-0.2, -0.15) is 0 Å². The van der Waals surface area contributed by atoms with Crippen molar-refractivity contribution in [3.63, 3.8) is 0 Å². The molecule has 0 aromatic heterocycles. The highest BCUT2D eigenvalue weighted by atomic mass is 35.5. The Morgan fingerprint density at radius 3 is 3.05 bits per heavy atom. The number of hydrogen-bond acceptors (Lipinski definition) is 3. The fraction of sp³-hybridized carbons (Fsp3) is 0.533. The van der Waals surface area contributed by atoms with Gasteiger partial charge in [-0.05, 0) is 50.5 Å². The predicted octanol–water partition coefficient (Wildman–Crippen LogP) is 2.71. The van der Waals surface area contributed by atoms with Gasteiger partial charge in [-0.15, -0.1) is 0 Å². The topological polar surface area (TPSA) is 47.6 Å². The molecule has 0 aliphatic carbocycles. The van der Waals surface area contributed by atoms with Crippen molar-refractivity contribution in [3.05, 3.63) is 28.8 Å². The molecule has 1 saturated heterocycles. The first kappa shape index (κ1) is 15.1. The summed E-state index contributed by atoms with van der Waals surface area (Å²) >= 11 is 5.89. The lowest BCUT2D eigenvalue weighted by atomic mass is 10.2. The summed E-state index contributed by atoms with van der Waals surface area (Å²) in [5.74, 6) is 0.545. The average Bonchev–Trinajstić information content (AvgIpc) is 2.92. The molecule has 20 heavy (non-hydrogen) atoms. The first-order valence-electron chi connectivity index (χ1n) is 6.88. The summed E-state index contributed by atoms with van der Waals surface area (Å²) in [7, 11) is 0. The molecule has 2 atom stereocenters. The maximum atomic E-state index is 12.0. The van der Waals surface area contributed by atoms with Gasteiger partial charge in [-0.1, -0.05) is 11.6 Å². The summed E-state index contributed by atoms with van der Waals surface area (Å²) < 4.78 is 11.1. The minimum atomic E-state index is -0.545. The standard InChI is InChI=1S/C15H20ClNO3/c1-10-8-12(16)5-6-14(10)20-11(2)15(18)17-9-13-4-3-7-19-13/h5-6,8,11,13H,3-4,7,9H2,1-2H3,(H,17,18)/t11-,13-/m1/s1. The first-order valence-corrected chi connectivity index (χ1v) is 7.26. The SMILES string of the molecule is Cc1cc(Cl)ccc1O[C@H](C)C(=O)NC[C@H]1CCCO1. The van der Waals surface area contributed by atoms with Crippen LogP contribution >= 0.6 is 11.6 Å². The number of hydrogen-bond donors (Lipinski definition) is 1. The fourth-order valence-corrected chi connectivity index (χ4v) is 2.38. The van der Waals surface area contributed by atoms with E-state index in [0.29, 0.717) is 17.3 Å². The molecule has 1 aromatic carbocycles. The van der Waals surface area contributed by atoms with Crippen LogP contribution in [0.2, 0.25) is 5.02 Å². The number of nitrogens with one attached hydrogen (secondary N) is 1. The molecule has 0 unspecified atom stereocenters. The Hall–Kier alpha value is -1.26. The summed E-state index contributed by atoms with van der Waals surface area (Å²) in [4.78, 5) is 12.0. The van der Waals surface area contributed by atoms with Crippen molar-refractivity contribution in [2.45, 2.75) is 38.9 Å². The largest absolute Gasteiger partial charge is 0.481 e. The van der Waals surface area contributed by atoms with Crippen molar-refractivity contribution in [2.24, 2.45) is 0 Å². The van der Waals surface area contributed by atoms with Crippen LogP contribution in [0.25, 0.3) is 0 Å². The van der Waals surface area contributed by atoms with Gasteiger partial charge in [0.1, 0.15) is 5.75 Å². The lowest BCUT2D eigenvalue weighted by Crippen LogP contribution is -2.40. The summed E-state index contributed by atoms with van der Waals surface area (Å²) in [6.07, 6.45) is 1.67. The molecule has 0 radical (unpaired) electrons. The molecular weight excluding hydrogens is 278 g/mol. The third-order valence-corrected chi connectivity index (χ3v) is 3.57. The summed E-state index contributed by atoms with van der Waals surface area (Å²) in [6.45, 7) is 4.97. The van der Waals surface area contributed by atoms with E-state index in [4.69, 9.17) is 21.1 Å². The van der Waals surface area contributed by atoms with Gasteiger partial charge in [-0.25, -0.2) is 0 Å². The summed E-state index contributed by atoms with van der Waals surface area (Å²) in [5, 5.41) is 3.52. The normalized spacial score (nSPS) is 19.6. The van der Waals surface area contributed by atoms with Gasteiger partial charge < -0.3 is 14.8 Å². The van der Waals surface area contributed by atoms with Crippen LogP contribution in [0.5, 0.6) is 5.75 Å². The van der Waals surface area contributed by atoms with Gasteiger partial charge in [0, 0.05) is 18.2 Å². The summed E-state index contributed by atoms with van der Waals surface area (Å²) in [6, 6.07) is 5.34. The van der Waals surface area contributed by atoms with Crippen LogP contribution in [0.15, 0.2) is 18.2 Å². The van der Waals surface area contributed by atoms with E-state index in [2.05, 4.69) is 5.32 Å². The Bertz CT molecular complexity index is 472. The predicted molar refractivity (Wildman–Crippen MR) is 78.3 cm³/mol. The second kappa shape index (κ2) is 6.95. The minimum Gasteiger partial charge on any atom is -0.481 e. The molecule has 1 aliphatic heterocycles. The van der Waals surface area contributed by atoms with Crippen molar-refractivity contribution in [1.82, 2.24) is 5.32 Å². The highest BCUT2D eigenvalue weighted by molar-refractivity contribution is 6.30. The van der Waals surface area contributed by atoms with E-state index in [1.54, 1.807) is 19.1 Å². The number of rotatable bonds is 5. The number of benzene rings is 1. The Morgan fingerprint density at radius 1 is 1.60 bits per heavy atom. The van der Waals surface area contributed by atoms with E-state index in [-0.39, 0.29) is 12.0 Å². The molecule has 110 valence electrons. The Labute approximate surface area is 124 Å². The third kappa shape index (κ3) is 4.12. The second-order valence-electron chi connectivity index (χ2n) is 5.05. The molecule has 0 saturated carbocycles. The van der Waals surface area contributed by atoms with Crippen molar-refractivity contribution in [1.29, 1.82) is 0 Å². The average molecular weight is 298 g/mol. The molecule has 2 rings (SSSR count). The molecule has 1 heterocycles. The fourth-order valence-electron chi connectivity index (χ4n) is 2.15. The van der Waals surface area contributed by atoms with Crippen LogP contribution in [-0.2, 0) is 9.53 Å². The van der Waals surface area contributed by atoms with Gasteiger partial charge in [0.15, 0.2) is 6.10 Å². The number of amides is 1. The Morgan fingerprint density at radius 2 is 2.40 bits per heavy atom. The molecule has 0 spiro atoms. The van der Waals surface area contributed by atoms with Crippen molar-refractivity contribution in [2.75, 3.05) is 13.2 Å². The van der Waals surface area contributed by atoms with Crippen LogP contribution < -0.4 is 10.1 Å². The first-order chi connectivity index (χ1) is 9.56. The van der Waals surface area contributed by atoms with E-state index in [0.717, 1.165) is 25.0 Å². The van der Waals surface area contributed by atoms with Crippen molar-refractivity contribution < 1.29 is 14.3 Å². The lowest BCUT2D eigenvalue weighted by Gasteiger charge is -2.17. The van der Waals surface area contributed by atoms with E-state index in [1.807, 2.05) is 13.0 Å². The van der Waals surface area contributed by atoms with Crippen LogP contribution in [0.4, 0.5) is 0 Å². The maximum absolute atomic E-state index is 12.0. The van der Waals surface area contributed by atoms with E-state index >= 15 is 0 Å². The Balaban J connectivity index is 1.83. The van der Waals surface area contributed by atoms with Crippen LogP contribution in [-0.4, -0.2) is 31.3 Å². The summed E-state index contributed by atoms with van der Waals surface area (Å²) in [5.41, 5.74) is 0.913. The zero-order valence-corrected chi connectivity index (χ0v) is 12.6. The van der Waals surface area contributed by atoms with E-state index < -0.39 is 6.10 Å². The lowest BCUT2D eigenvalue weighted by molar-refractivity contribution is -0.127. The molecule has 1 aliphatic rings. The molecule has 1 amide bonds. The molecule has 1 aromatic rings. The quantitative estimate of drug-likeness (QED) is 0.909. The smallest absolute Gasteiger partial charge is 0.260 e. The highest BCUT2D eigenvalue weighted by Crippen LogP contribution is 2.22. The van der Waals surface area contributed by atoms with Crippen LogP contribution in [0, 0.1) is 6.92 Å². The molecule has 0 bridgehead atoms. The van der Waals surface area contributed by atoms with Gasteiger partial charge in [0.05, 0.1) is 6.10 Å². The van der Waals surface area contributed by atoms with Crippen molar-refractivity contribution in [3.8, 4) is 5.75 Å². The molecule has 4 nitrogen and oxygen atoms in total. The zero-order chi connectivity index (χ0) is 14.5. The van der Waals surface area contributed by atoms with Gasteiger partial charge in [0.2, 0.25) is 0 Å². The van der Waals surface area contributed by atoms with E-state index in [1.165, 1.54) is 0 Å². The number of ether oxygens (including phenoxy) is 2. The monoisotopic (exact) mass is 297 g/mol. The molecular formula is C15H20ClNO3. The van der Waals surface area contributed by atoms with Crippen LogP contribution in [0.1, 0.15) is 25.3 Å². The third-order valence-electron chi connectivity index (χ3n) is 3.34. The Kier molecular flexibility index (Phi) is 5.26. The maximum Gasteiger partial charge on any atom is 0.260 e. The van der Waals surface area contributed by atoms with Crippen LogP contribution in [0.3, 0.4) is 0 Å². The number of carbonyl (C=O) groups is 1. The number of carbonyl (C=O) groups excluding carboxylic acids is 1. The number of aryl methyl sites for hydroxylation is 1. The van der Waals surface area contributed by atoms with Gasteiger partial charge in [-0.3, -0.25) is 4.79 Å². The minimum absolute atomic E-state index is 0.130. The van der Waals surface area contributed by atoms with E-state index in [9.17, 15) is 4.79 Å². The molecule has 5 heteroatoms. The molecule has 1 fully saturated rings. The number of halogens is 1. The molecule has 1 N–H and O–H groups in total. The van der Waals surface area contributed by atoms with Gasteiger partial charge >= 0.3 is 0 Å². The van der Waals surface area contributed by atoms with Crippen molar-refractivity contribution >= 4 is 17.5 Å².